The smallest absolute Gasteiger partial charge is 0.255 e. The van der Waals surface area contributed by atoms with Crippen molar-refractivity contribution in [2.75, 3.05) is 6.54 Å². The Balaban J connectivity index is 1.28. The second-order valence-corrected chi connectivity index (χ2v) is 8.98. The van der Waals surface area contributed by atoms with Gasteiger partial charge in [0.1, 0.15) is 6.04 Å². The van der Waals surface area contributed by atoms with Gasteiger partial charge in [0.15, 0.2) is 0 Å². The fourth-order valence-corrected chi connectivity index (χ4v) is 5.41. The molecule has 2 unspecified atom stereocenters. The second kappa shape index (κ2) is 7.22. The number of hydrogen-bond acceptors (Lipinski definition) is 5. The number of benzene rings is 1. The Hall–Kier alpha value is -2.25. The van der Waals surface area contributed by atoms with Crippen LogP contribution in [0.25, 0.3) is 0 Å². The van der Waals surface area contributed by atoms with Crippen LogP contribution in [0.15, 0.2) is 18.2 Å². The van der Waals surface area contributed by atoms with Crippen LogP contribution in [0.1, 0.15) is 66.4 Å². The Bertz CT molecular complexity index is 864. The zero-order valence-electron chi connectivity index (χ0n) is 16.6. The molecule has 2 atom stereocenters. The van der Waals surface area contributed by atoms with Gasteiger partial charge < -0.3 is 15.5 Å². The van der Waals surface area contributed by atoms with Gasteiger partial charge in [0.25, 0.3) is 5.91 Å². The molecule has 1 aliphatic carbocycles. The molecule has 29 heavy (non-hydrogen) atoms. The summed E-state index contributed by atoms with van der Waals surface area (Å²) in [4.78, 5) is 38.5. The number of amides is 3. The number of imide groups is 1. The summed E-state index contributed by atoms with van der Waals surface area (Å²) in [6, 6.07) is 5.88. The molecule has 0 aromatic heterocycles. The van der Waals surface area contributed by atoms with Gasteiger partial charge in [0.05, 0.1) is 0 Å². The van der Waals surface area contributed by atoms with E-state index in [0.717, 1.165) is 36.1 Å². The van der Waals surface area contributed by atoms with Crippen LogP contribution in [-0.2, 0) is 22.7 Å². The van der Waals surface area contributed by atoms with Crippen molar-refractivity contribution in [3.8, 4) is 0 Å². The van der Waals surface area contributed by atoms with Gasteiger partial charge in [-0.05, 0) is 56.2 Å². The second-order valence-electron chi connectivity index (χ2n) is 8.98. The predicted octanol–water partition coefficient (Wildman–Crippen LogP) is 1.21. The first-order valence-corrected chi connectivity index (χ1v) is 10.8. The zero-order chi connectivity index (χ0) is 20.0. The quantitative estimate of drug-likeness (QED) is 0.666. The monoisotopic (exact) mass is 396 g/mol. The van der Waals surface area contributed by atoms with Crippen LogP contribution >= 0.6 is 0 Å². The minimum atomic E-state index is -0.559. The molecule has 3 aliphatic heterocycles. The Morgan fingerprint density at radius 3 is 2.79 bits per heavy atom. The number of fused-ring (bicyclic) bond motifs is 1. The lowest BCUT2D eigenvalue weighted by atomic mass is 9.70. The first-order valence-electron chi connectivity index (χ1n) is 10.8. The van der Waals surface area contributed by atoms with Crippen molar-refractivity contribution in [2.24, 2.45) is 0 Å². The molecule has 3 fully saturated rings. The van der Waals surface area contributed by atoms with Gasteiger partial charge in [-0.3, -0.25) is 19.7 Å². The van der Waals surface area contributed by atoms with E-state index < -0.39 is 6.04 Å². The first-order chi connectivity index (χ1) is 14.0. The molecule has 7 nitrogen and oxygen atoms in total. The van der Waals surface area contributed by atoms with Crippen LogP contribution in [0.3, 0.4) is 0 Å². The summed E-state index contributed by atoms with van der Waals surface area (Å²) in [5, 5.41) is 9.75. The fourth-order valence-electron chi connectivity index (χ4n) is 5.41. The Morgan fingerprint density at radius 1 is 1.17 bits per heavy atom. The molecule has 1 spiro atoms. The number of rotatable bonds is 4. The Labute approximate surface area is 170 Å². The van der Waals surface area contributed by atoms with Crippen molar-refractivity contribution >= 4 is 17.7 Å². The van der Waals surface area contributed by atoms with E-state index in [4.69, 9.17) is 0 Å². The highest BCUT2D eigenvalue weighted by molar-refractivity contribution is 6.05. The van der Waals surface area contributed by atoms with E-state index in [1.165, 1.54) is 19.3 Å². The third kappa shape index (κ3) is 3.36. The third-order valence-electron chi connectivity index (χ3n) is 7.16. The molecule has 3 heterocycles. The van der Waals surface area contributed by atoms with Crippen LogP contribution in [0.4, 0.5) is 0 Å². The first kappa shape index (κ1) is 18.8. The van der Waals surface area contributed by atoms with Crippen molar-refractivity contribution in [2.45, 2.75) is 75.7 Å². The van der Waals surface area contributed by atoms with E-state index in [1.54, 1.807) is 4.90 Å². The predicted molar refractivity (Wildman–Crippen MR) is 107 cm³/mol. The lowest BCUT2D eigenvalue weighted by Gasteiger charge is -2.48. The highest BCUT2D eigenvalue weighted by atomic mass is 16.2. The highest BCUT2D eigenvalue weighted by Gasteiger charge is 2.42. The largest absolute Gasteiger partial charge is 0.322 e. The van der Waals surface area contributed by atoms with E-state index in [9.17, 15) is 14.4 Å². The number of hydrogen-bond donors (Lipinski definition) is 3. The van der Waals surface area contributed by atoms with E-state index in [-0.39, 0.29) is 24.1 Å². The zero-order valence-corrected chi connectivity index (χ0v) is 16.6. The third-order valence-corrected chi connectivity index (χ3v) is 7.16. The van der Waals surface area contributed by atoms with Crippen LogP contribution in [-0.4, -0.2) is 46.8 Å². The lowest BCUT2D eigenvalue weighted by Crippen LogP contribution is -2.59. The Kier molecular flexibility index (Phi) is 4.67. The van der Waals surface area contributed by atoms with E-state index in [2.05, 4.69) is 16.0 Å². The SMILES string of the molecule is O=C1CCC(N2Cc3cccc(CNC4CCNC5(CCC5)C4)c3C2=O)C(=O)N1. The molecule has 0 radical (unpaired) electrons. The number of nitrogens with one attached hydrogen (secondary N) is 3. The molecule has 1 aromatic carbocycles. The molecule has 7 heteroatoms. The molecule has 1 aromatic rings. The van der Waals surface area contributed by atoms with Gasteiger partial charge in [-0.2, -0.15) is 0 Å². The maximum absolute atomic E-state index is 13.2. The van der Waals surface area contributed by atoms with Crippen LogP contribution in [0.2, 0.25) is 0 Å². The average molecular weight is 396 g/mol. The number of nitrogens with zero attached hydrogens (tertiary/aromatic N) is 1. The molecule has 1 saturated carbocycles. The van der Waals surface area contributed by atoms with Crippen LogP contribution in [0.5, 0.6) is 0 Å². The van der Waals surface area contributed by atoms with Crippen molar-refractivity contribution in [3.63, 3.8) is 0 Å². The summed E-state index contributed by atoms with van der Waals surface area (Å²) in [6.07, 6.45) is 6.79. The van der Waals surface area contributed by atoms with Crippen LogP contribution in [0, 0.1) is 0 Å². The number of piperidine rings is 2. The maximum atomic E-state index is 13.2. The average Bonchev–Trinajstić information content (AvgIpc) is 3.02. The molecule has 5 rings (SSSR count). The molecule has 3 amide bonds. The van der Waals surface area contributed by atoms with Crippen molar-refractivity contribution in [1.29, 1.82) is 0 Å². The van der Waals surface area contributed by atoms with Gasteiger partial charge >= 0.3 is 0 Å². The highest BCUT2D eigenvalue weighted by Crippen LogP contribution is 2.38. The van der Waals surface area contributed by atoms with Gasteiger partial charge in [-0.1, -0.05) is 18.2 Å². The van der Waals surface area contributed by atoms with Gasteiger partial charge in [0.2, 0.25) is 11.8 Å². The van der Waals surface area contributed by atoms with E-state index in [0.29, 0.717) is 31.1 Å². The standard InChI is InChI=1S/C22H28N4O3/c27-18-6-5-17(20(28)25-18)26-13-15-4-1-3-14(19(15)21(26)29)12-23-16-7-10-24-22(11-16)8-2-9-22/h1,3-4,16-17,23-24H,2,5-13H2,(H,25,27,28). The topological polar surface area (TPSA) is 90.5 Å². The maximum Gasteiger partial charge on any atom is 0.255 e. The summed E-state index contributed by atoms with van der Waals surface area (Å²) in [5.41, 5.74) is 3.05. The van der Waals surface area contributed by atoms with Gasteiger partial charge in [0, 0.05) is 36.7 Å². The lowest BCUT2D eigenvalue weighted by molar-refractivity contribution is -0.136. The summed E-state index contributed by atoms with van der Waals surface area (Å²) >= 11 is 0. The molecule has 2 saturated heterocycles. The van der Waals surface area contributed by atoms with E-state index >= 15 is 0 Å². The van der Waals surface area contributed by atoms with Gasteiger partial charge in [-0.25, -0.2) is 0 Å². The van der Waals surface area contributed by atoms with Gasteiger partial charge in [-0.15, -0.1) is 0 Å². The van der Waals surface area contributed by atoms with Crippen molar-refractivity contribution < 1.29 is 14.4 Å². The van der Waals surface area contributed by atoms with Crippen LogP contribution < -0.4 is 16.0 Å². The molecule has 4 aliphatic rings. The molecular formula is C22H28N4O3. The summed E-state index contributed by atoms with van der Waals surface area (Å²) < 4.78 is 0. The summed E-state index contributed by atoms with van der Waals surface area (Å²) in [6.45, 7) is 2.15. The number of carbonyl (C=O) groups is 3. The Morgan fingerprint density at radius 2 is 2.03 bits per heavy atom. The fraction of sp³-hybridized carbons (Fsp3) is 0.591. The van der Waals surface area contributed by atoms with E-state index in [1.807, 2.05) is 18.2 Å². The normalized spacial score (nSPS) is 28.3. The summed E-state index contributed by atoms with van der Waals surface area (Å²) in [5.74, 6) is -0.707. The molecule has 154 valence electrons. The number of carbonyl (C=O) groups excluding carboxylic acids is 3. The molecular weight excluding hydrogens is 368 g/mol. The minimum Gasteiger partial charge on any atom is -0.322 e. The van der Waals surface area contributed by atoms with Crippen molar-refractivity contribution in [1.82, 2.24) is 20.9 Å². The van der Waals surface area contributed by atoms with Crippen molar-refractivity contribution in [3.05, 3.63) is 34.9 Å². The summed E-state index contributed by atoms with van der Waals surface area (Å²) in [7, 11) is 0. The molecule has 0 bridgehead atoms. The molecule has 3 N–H and O–H groups in total. The minimum absolute atomic E-state index is 0.0901.